The van der Waals surface area contributed by atoms with Crippen molar-refractivity contribution in [2.45, 2.75) is 6.54 Å². The predicted octanol–water partition coefficient (Wildman–Crippen LogP) is 3.32. The number of nitrogens with one attached hydrogen (secondary N) is 1. The molecular formula is C13H10Cl2N2O. The van der Waals surface area contributed by atoms with Crippen LogP contribution < -0.4 is 5.32 Å². The number of hydrogen-bond acceptors (Lipinski definition) is 2. The highest BCUT2D eigenvalue weighted by molar-refractivity contribution is 6.35. The molecule has 0 aliphatic carbocycles. The molecule has 2 aromatic rings. The van der Waals surface area contributed by atoms with Gasteiger partial charge in [-0.15, -0.1) is 0 Å². The summed E-state index contributed by atoms with van der Waals surface area (Å²) in [4.78, 5) is 15.8. The van der Waals surface area contributed by atoms with Crippen molar-refractivity contribution in [3.63, 3.8) is 0 Å². The molecule has 1 amide bonds. The average molecular weight is 281 g/mol. The SMILES string of the molecule is O=C(NCc1ccncc1)c1cc(Cl)cc(Cl)c1. The second-order valence-corrected chi connectivity index (χ2v) is 4.57. The molecule has 5 heteroatoms. The van der Waals surface area contributed by atoms with E-state index >= 15 is 0 Å². The minimum Gasteiger partial charge on any atom is -0.348 e. The summed E-state index contributed by atoms with van der Waals surface area (Å²) in [7, 11) is 0. The monoisotopic (exact) mass is 280 g/mol. The van der Waals surface area contributed by atoms with Gasteiger partial charge in [0, 0.05) is 34.5 Å². The molecule has 92 valence electrons. The summed E-state index contributed by atoms with van der Waals surface area (Å²) in [6.45, 7) is 0.436. The maximum Gasteiger partial charge on any atom is 0.251 e. The number of pyridine rings is 1. The smallest absolute Gasteiger partial charge is 0.251 e. The number of rotatable bonds is 3. The molecule has 1 aromatic carbocycles. The van der Waals surface area contributed by atoms with Crippen LogP contribution in [0.4, 0.5) is 0 Å². The van der Waals surface area contributed by atoms with E-state index in [0.29, 0.717) is 22.2 Å². The third-order valence-corrected chi connectivity index (χ3v) is 2.76. The Morgan fingerprint density at radius 2 is 1.72 bits per heavy atom. The molecule has 0 aliphatic heterocycles. The minimum atomic E-state index is -0.212. The zero-order valence-electron chi connectivity index (χ0n) is 9.36. The van der Waals surface area contributed by atoms with Crippen LogP contribution in [0, 0.1) is 0 Å². The number of aromatic nitrogens is 1. The van der Waals surface area contributed by atoms with E-state index in [9.17, 15) is 4.79 Å². The Morgan fingerprint density at radius 1 is 1.11 bits per heavy atom. The van der Waals surface area contributed by atoms with Crippen molar-refractivity contribution in [2.24, 2.45) is 0 Å². The van der Waals surface area contributed by atoms with Crippen LogP contribution in [0.25, 0.3) is 0 Å². The van der Waals surface area contributed by atoms with E-state index < -0.39 is 0 Å². The summed E-state index contributed by atoms with van der Waals surface area (Å²) in [5.74, 6) is -0.212. The van der Waals surface area contributed by atoms with Crippen molar-refractivity contribution in [3.05, 3.63) is 63.9 Å². The minimum absolute atomic E-state index is 0.212. The van der Waals surface area contributed by atoms with Gasteiger partial charge in [0.05, 0.1) is 0 Å². The van der Waals surface area contributed by atoms with E-state index in [0.717, 1.165) is 5.56 Å². The molecule has 0 unspecified atom stereocenters. The zero-order valence-corrected chi connectivity index (χ0v) is 10.9. The maximum atomic E-state index is 11.9. The molecule has 1 heterocycles. The molecule has 1 N–H and O–H groups in total. The molecule has 18 heavy (non-hydrogen) atoms. The molecular weight excluding hydrogens is 271 g/mol. The highest BCUT2D eigenvalue weighted by atomic mass is 35.5. The van der Waals surface area contributed by atoms with Crippen LogP contribution in [0.3, 0.4) is 0 Å². The molecule has 0 spiro atoms. The van der Waals surface area contributed by atoms with Crippen molar-refractivity contribution >= 4 is 29.1 Å². The topological polar surface area (TPSA) is 42.0 Å². The van der Waals surface area contributed by atoms with E-state index in [2.05, 4.69) is 10.3 Å². The van der Waals surface area contributed by atoms with E-state index in [1.54, 1.807) is 30.6 Å². The lowest BCUT2D eigenvalue weighted by Gasteiger charge is -2.06. The van der Waals surface area contributed by atoms with Crippen molar-refractivity contribution in [2.75, 3.05) is 0 Å². The Morgan fingerprint density at radius 3 is 2.33 bits per heavy atom. The first-order chi connectivity index (χ1) is 8.65. The van der Waals surface area contributed by atoms with Gasteiger partial charge in [-0.2, -0.15) is 0 Å². The van der Waals surface area contributed by atoms with Gasteiger partial charge in [-0.3, -0.25) is 9.78 Å². The molecule has 0 saturated carbocycles. The van der Waals surface area contributed by atoms with E-state index in [-0.39, 0.29) is 5.91 Å². The zero-order chi connectivity index (χ0) is 13.0. The third-order valence-electron chi connectivity index (χ3n) is 2.33. The van der Waals surface area contributed by atoms with Gasteiger partial charge in [-0.05, 0) is 35.9 Å². The Hall–Kier alpha value is -1.58. The van der Waals surface area contributed by atoms with Gasteiger partial charge in [0.25, 0.3) is 5.91 Å². The molecule has 0 radical (unpaired) electrons. The predicted molar refractivity (Wildman–Crippen MR) is 71.9 cm³/mol. The van der Waals surface area contributed by atoms with Gasteiger partial charge in [-0.25, -0.2) is 0 Å². The first kappa shape index (κ1) is 12.9. The number of halogens is 2. The Kier molecular flexibility index (Phi) is 4.18. The van der Waals surface area contributed by atoms with Gasteiger partial charge < -0.3 is 5.32 Å². The number of amides is 1. The fourth-order valence-corrected chi connectivity index (χ4v) is 2.00. The highest BCUT2D eigenvalue weighted by Crippen LogP contribution is 2.18. The Bertz CT molecular complexity index is 538. The van der Waals surface area contributed by atoms with Crippen LogP contribution in [0.5, 0.6) is 0 Å². The average Bonchev–Trinajstić information content (AvgIpc) is 2.36. The molecule has 0 atom stereocenters. The molecule has 0 aliphatic rings. The van der Waals surface area contributed by atoms with Crippen LogP contribution in [0.2, 0.25) is 10.0 Å². The normalized spacial score (nSPS) is 10.1. The van der Waals surface area contributed by atoms with Crippen molar-refractivity contribution in [1.82, 2.24) is 10.3 Å². The fraction of sp³-hybridized carbons (Fsp3) is 0.0769. The van der Waals surface area contributed by atoms with Crippen LogP contribution in [0.1, 0.15) is 15.9 Å². The molecule has 0 saturated heterocycles. The maximum absolute atomic E-state index is 11.9. The Balaban J connectivity index is 2.04. The van der Waals surface area contributed by atoms with Gasteiger partial charge >= 0.3 is 0 Å². The second kappa shape index (κ2) is 5.85. The number of benzene rings is 1. The lowest BCUT2D eigenvalue weighted by Crippen LogP contribution is -2.22. The Labute approximate surface area is 115 Å². The standard InChI is InChI=1S/C13H10Cl2N2O/c14-11-5-10(6-12(15)7-11)13(18)17-8-9-1-3-16-4-2-9/h1-7H,8H2,(H,17,18). The highest BCUT2D eigenvalue weighted by Gasteiger charge is 2.07. The van der Waals surface area contributed by atoms with Crippen LogP contribution in [-0.2, 0) is 6.54 Å². The summed E-state index contributed by atoms with van der Waals surface area (Å²) in [6, 6.07) is 8.42. The third kappa shape index (κ3) is 3.45. The molecule has 0 fully saturated rings. The van der Waals surface area contributed by atoms with E-state index in [1.807, 2.05) is 12.1 Å². The summed E-state index contributed by atoms with van der Waals surface area (Å²) >= 11 is 11.7. The quantitative estimate of drug-likeness (QED) is 0.937. The van der Waals surface area contributed by atoms with E-state index in [1.165, 1.54) is 0 Å². The number of hydrogen-bond donors (Lipinski definition) is 1. The lowest BCUT2D eigenvalue weighted by atomic mass is 10.2. The molecule has 1 aromatic heterocycles. The van der Waals surface area contributed by atoms with Gasteiger partial charge in [0.1, 0.15) is 0 Å². The molecule has 3 nitrogen and oxygen atoms in total. The summed E-state index contributed by atoms with van der Waals surface area (Å²) in [5.41, 5.74) is 1.42. The molecule has 0 bridgehead atoms. The summed E-state index contributed by atoms with van der Waals surface area (Å²) < 4.78 is 0. The van der Waals surface area contributed by atoms with Crippen LogP contribution in [0.15, 0.2) is 42.7 Å². The van der Waals surface area contributed by atoms with Crippen molar-refractivity contribution in [1.29, 1.82) is 0 Å². The fourth-order valence-electron chi connectivity index (χ4n) is 1.47. The van der Waals surface area contributed by atoms with Gasteiger partial charge in [0.2, 0.25) is 0 Å². The van der Waals surface area contributed by atoms with Crippen LogP contribution >= 0.6 is 23.2 Å². The number of nitrogens with zero attached hydrogens (tertiary/aromatic N) is 1. The van der Waals surface area contributed by atoms with Crippen LogP contribution in [-0.4, -0.2) is 10.9 Å². The van der Waals surface area contributed by atoms with Gasteiger partial charge in [0.15, 0.2) is 0 Å². The van der Waals surface area contributed by atoms with E-state index in [4.69, 9.17) is 23.2 Å². The summed E-state index contributed by atoms with van der Waals surface area (Å²) in [5, 5.41) is 3.67. The first-order valence-electron chi connectivity index (χ1n) is 5.28. The largest absolute Gasteiger partial charge is 0.348 e. The summed E-state index contributed by atoms with van der Waals surface area (Å²) in [6.07, 6.45) is 3.36. The van der Waals surface area contributed by atoms with Gasteiger partial charge in [-0.1, -0.05) is 23.2 Å². The number of carbonyl (C=O) groups is 1. The lowest BCUT2D eigenvalue weighted by molar-refractivity contribution is 0.0951. The number of carbonyl (C=O) groups excluding carboxylic acids is 1. The second-order valence-electron chi connectivity index (χ2n) is 3.70. The van der Waals surface area contributed by atoms with Crippen molar-refractivity contribution in [3.8, 4) is 0 Å². The molecule has 2 rings (SSSR count). The van der Waals surface area contributed by atoms with Crippen molar-refractivity contribution < 1.29 is 4.79 Å². The first-order valence-corrected chi connectivity index (χ1v) is 6.04.